The van der Waals surface area contributed by atoms with Crippen LogP contribution in [-0.4, -0.2) is 7.11 Å². The van der Waals surface area contributed by atoms with Crippen molar-refractivity contribution in [1.82, 2.24) is 0 Å². The van der Waals surface area contributed by atoms with Crippen molar-refractivity contribution < 1.29 is 9.15 Å². The van der Waals surface area contributed by atoms with Crippen LogP contribution in [0.3, 0.4) is 0 Å². The molecule has 0 aliphatic heterocycles. The van der Waals surface area contributed by atoms with Crippen LogP contribution in [0.15, 0.2) is 46.9 Å². The molecule has 0 radical (unpaired) electrons. The zero-order chi connectivity index (χ0) is 15.0. The van der Waals surface area contributed by atoms with E-state index in [0.717, 1.165) is 10.9 Å². The Labute approximate surface area is 128 Å². The molecule has 2 N–H and O–H groups in total. The van der Waals surface area contributed by atoms with Gasteiger partial charge in [0.15, 0.2) is 11.3 Å². The number of halogens is 1. The fourth-order valence-electron chi connectivity index (χ4n) is 2.35. The molecular weight excluding hydrogens is 286 g/mol. The van der Waals surface area contributed by atoms with E-state index in [2.05, 4.69) is 0 Å². The number of ether oxygens (including phenoxy) is 1. The van der Waals surface area contributed by atoms with Gasteiger partial charge in [0, 0.05) is 16.5 Å². The molecule has 3 aromatic rings. The Morgan fingerprint density at radius 3 is 2.52 bits per heavy atom. The molecule has 1 unspecified atom stereocenters. The quantitative estimate of drug-likeness (QED) is 0.777. The van der Waals surface area contributed by atoms with Crippen LogP contribution in [0.4, 0.5) is 0 Å². The van der Waals surface area contributed by atoms with E-state index in [0.29, 0.717) is 22.1 Å². The predicted molar refractivity (Wildman–Crippen MR) is 85.0 cm³/mol. The summed E-state index contributed by atoms with van der Waals surface area (Å²) in [6.07, 6.45) is 0. The molecule has 0 aliphatic rings. The van der Waals surface area contributed by atoms with Crippen molar-refractivity contribution in [2.75, 3.05) is 7.11 Å². The van der Waals surface area contributed by atoms with E-state index in [-0.39, 0.29) is 6.04 Å². The third-order valence-corrected chi connectivity index (χ3v) is 3.75. The second kappa shape index (κ2) is 5.43. The van der Waals surface area contributed by atoms with E-state index < -0.39 is 0 Å². The molecule has 0 spiro atoms. The van der Waals surface area contributed by atoms with Gasteiger partial charge >= 0.3 is 0 Å². The monoisotopic (exact) mass is 301 g/mol. The SMILES string of the molecule is COc1cc(Cl)cc2cc(C(N)c3ccc(C)cc3)oc12. The Bertz CT molecular complexity index is 777. The number of fused-ring (bicyclic) bond motifs is 1. The van der Waals surface area contributed by atoms with Gasteiger partial charge in [-0.25, -0.2) is 0 Å². The largest absolute Gasteiger partial charge is 0.493 e. The smallest absolute Gasteiger partial charge is 0.176 e. The summed E-state index contributed by atoms with van der Waals surface area (Å²) in [5.41, 5.74) is 9.16. The molecule has 1 heterocycles. The van der Waals surface area contributed by atoms with Gasteiger partial charge in [-0.15, -0.1) is 0 Å². The number of aryl methyl sites for hydroxylation is 1. The second-order valence-corrected chi connectivity index (χ2v) is 5.50. The number of methoxy groups -OCH3 is 1. The van der Waals surface area contributed by atoms with Crippen molar-refractivity contribution in [3.63, 3.8) is 0 Å². The summed E-state index contributed by atoms with van der Waals surface area (Å²) in [6, 6.07) is 13.3. The summed E-state index contributed by atoms with van der Waals surface area (Å²) in [5.74, 6) is 1.30. The van der Waals surface area contributed by atoms with E-state index in [1.807, 2.05) is 43.3 Å². The summed E-state index contributed by atoms with van der Waals surface area (Å²) in [6.45, 7) is 2.04. The fourth-order valence-corrected chi connectivity index (χ4v) is 2.57. The number of furan rings is 1. The van der Waals surface area contributed by atoms with Crippen LogP contribution >= 0.6 is 11.6 Å². The number of hydrogen-bond acceptors (Lipinski definition) is 3. The van der Waals surface area contributed by atoms with E-state index in [9.17, 15) is 0 Å². The Morgan fingerprint density at radius 2 is 1.86 bits per heavy atom. The molecule has 3 rings (SSSR count). The molecule has 0 saturated carbocycles. The minimum atomic E-state index is -0.318. The molecule has 1 atom stereocenters. The molecule has 108 valence electrons. The molecule has 4 heteroatoms. The normalized spacial score (nSPS) is 12.6. The lowest BCUT2D eigenvalue weighted by molar-refractivity contribution is 0.406. The maximum Gasteiger partial charge on any atom is 0.176 e. The van der Waals surface area contributed by atoms with Crippen molar-refractivity contribution in [2.45, 2.75) is 13.0 Å². The molecule has 0 saturated heterocycles. The average molecular weight is 302 g/mol. The summed E-state index contributed by atoms with van der Waals surface area (Å²) in [4.78, 5) is 0. The van der Waals surface area contributed by atoms with Crippen LogP contribution in [0, 0.1) is 6.92 Å². The molecule has 1 aromatic heterocycles. The Morgan fingerprint density at radius 1 is 1.14 bits per heavy atom. The topological polar surface area (TPSA) is 48.4 Å². The molecule has 21 heavy (non-hydrogen) atoms. The van der Waals surface area contributed by atoms with Crippen molar-refractivity contribution >= 4 is 22.6 Å². The summed E-state index contributed by atoms with van der Waals surface area (Å²) >= 11 is 6.07. The van der Waals surface area contributed by atoms with E-state index in [4.69, 9.17) is 26.5 Å². The van der Waals surface area contributed by atoms with Gasteiger partial charge < -0.3 is 14.9 Å². The van der Waals surface area contributed by atoms with Gasteiger partial charge in [-0.1, -0.05) is 41.4 Å². The standard InChI is InChI=1S/C17H16ClNO2/c1-10-3-5-11(6-4-10)16(19)14-8-12-7-13(18)9-15(20-2)17(12)21-14/h3-9,16H,19H2,1-2H3. The van der Waals surface area contributed by atoms with Crippen LogP contribution in [0.25, 0.3) is 11.0 Å². The Kier molecular flexibility index (Phi) is 3.62. The summed E-state index contributed by atoms with van der Waals surface area (Å²) in [7, 11) is 1.59. The highest BCUT2D eigenvalue weighted by Gasteiger charge is 2.16. The van der Waals surface area contributed by atoms with Crippen molar-refractivity contribution in [3.05, 3.63) is 64.4 Å². The maximum atomic E-state index is 6.29. The number of benzene rings is 2. The molecule has 0 amide bonds. The Balaban J connectivity index is 2.06. The van der Waals surface area contributed by atoms with Crippen LogP contribution in [0.1, 0.15) is 22.9 Å². The number of rotatable bonds is 3. The lowest BCUT2D eigenvalue weighted by Crippen LogP contribution is -2.10. The first-order valence-electron chi connectivity index (χ1n) is 6.67. The lowest BCUT2D eigenvalue weighted by Gasteiger charge is -2.09. The highest BCUT2D eigenvalue weighted by Crippen LogP contribution is 2.34. The Hall–Kier alpha value is -1.97. The third-order valence-electron chi connectivity index (χ3n) is 3.53. The second-order valence-electron chi connectivity index (χ2n) is 5.06. The van der Waals surface area contributed by atoms with Gasteiger partial charge in [-0.05, 0) is 24.6 Å². The predicted octanol–water partition coefficient (Wildman–Crippen LogP) is 4.45. The molecule has 2 aromatic carbocycles. The zero-order valence-electron chi connectivity index (χ0n) is 11.9. The summed E-state index contributed by atoms with van der Waals surface area (Å²) in [5, 5.41) is 1.49. The molecule has 0 bridgehead atoms. The summed E-state index contributed by atoms with van der Waals surface area (Å²) < 4.78 is 11.2. The highest BCUT2D eigenvalue weighted by molar-refractivity contribution is 6.31. The number of nitrogens with two attached hydrogens (primary N) is 1. The van der Waals surface area contributed by atoms with Crippen LogP contribution in [0.2, 0.25) is 5.02 Å². The third kappa shape index (κ3) is 2.62. The van der Waals surface area contributed by atoms with Crippen molar-refractivity contribution in [3.8, 4) is 5.75 Å². The van der Waals surface area contributed by atoms with Gasteiger partial charge in [0.2, 0.25) is 0 Å². The van der Waals surface area contributed by atoms with Crippen LogP contribution in [0.5, 0.6) is 5.75 Å². The highest BCUT2D eigenvalue weighted by atomic mass is 35.5. The van der Waals surface area contributed by atoms with Crippen LogP contribution < -0.4 is 10.5 Å². The van der Waals surface area contributed by atoms with Crippen molar-refractivity contribution in [2.24, 2.45) is 5.73 Å². The van der Waals surface area contributed by atoms with Gasteiger partial charge in [0.1, 0.15) is 5.76 Å². The van der Waals surface area contributed by atoms with Gasteiger partial charge in [-0.3, -0.25) is 0 Å². The first-order valence-corrected chi connectivity index (χ1v) is 7.05. The molecular formula is C17H16ClNO2. The number of hydrogen-bond donors (Lipinski definition) is 1. The van der Waals surface area contributed by atoms with Gasteiger partial charge in [0.25, 0.3) is 0 Å². The minimum Gasteiger partial charge on any atom is -0.493 e. The molecule has 0 aliphatic carbocycles. The van der Waals surface area contributed by atoms with E-state index in [1.165, 1.54) is 5.56 Å². The first kappa shape index (κ1) is 14.0. The van der Waals surface area contributed by atoms with E-state index in [1.54, 1.807) is 13.2 Å². The average Bonchev–Trinajstić information content (AvgIpc) is 2.90. The first-order chi connectivity index (χ1) is 10.1. The van der Waals surface area contributed by atoms with Crippen molar-refractivity contribution in [1.29, 1.82) is 0 Å². The molecule has 0 fully saturated rings. The van der Waals surface area contributed by atoms with Crippen LogP contribution in [-0.2, 0) is 0 Å². The molecule has 3 nitrogen and oxygen atoms in total. The van der Waals surface area contributed by atoms with Gasteiger partial charge in [0.05, 0.1) is 13.2 Å². The maximum absolute atomic E-state index is 6.29. The zero-order valence-corrected chi connectivity index (χ0v) is 12.6. The lowest BCUT2D eigenvalue weighted by atomic mass is 10.0. The fraction of sp³-hybridized carbons (Fsp3) is 0.176. The van der Waals surface area contributed by atoms with Gasteiger partial charge in [-0.2, -0.15) is 0 Å². The minimum absolute atomic E-state index is 0.318. The van der Waals surface area contributed by atoms with E-state index >= 15 is 0 Å².